The van der Waals surface area contributed by atoms with Crippen molar-refractivity contribution in [3.05, 3.63) is 48.8 Å². The fraction of sp³-hybridized carbons (Fsp3) is 0.286. The second kappa shape index (κ2) is 7.82. The van der Waals surface area contributed by atoms with E-state index < -0.39 is 0 Å². The normalized spacial score (nSPS) is 14.0. The third-order valence-corrected chi connectivity index (χ3v) is 8.77. The molecular formula is C14H16Br2N2S2+2. The summed E-state index contributed by atoms with van der Waals surface area (Å²) in [5, 5.41) is 2.47. The van der Waals surface area contributed by atoms with Crippen LogP contribution in [0.15, 0.2) is 58.8 Å². The predicted molar refractivity (Wildman–Crippen MR) is 92.4 cm³/mol. The predicted octanol–water partition coefficient (Wildman–Crippen LogP) is 3.66. The van der Waals surface area contributed by atoms with Gasteiger partial charge in [-0.2, -0.15) is 9.13 Å². The fourth-order valence-corrected chi connectivity index (χ4v) is 5.17. The summed E-state index contributed by atoms with van der Waals surface area (Å²) in [7, 11) is 4.13. The van der Waals surface area contributed by atoms with Gasteiger partial charge in [0.2, 0.25) is 10.1 Å². The summed E-state index contributed by atoms with van der Waals surface area (Å²) in [6.45, 7) is 0. The maximum atomic E-state index is 3.77. The summed E-state index contributed by atoms with van der Waals surface area (Å²) in [5.74, 6) is 0. The smallest absolute Gasteiger partial charge is 0.196 e. The summed E-state index contributed by atoms with van der Waals surface area (Å²) in [5.41, 5.74) is 0. The molecule has 0 fully saturated rings. The summed E-state index contributed by atoms with van der Waals surface area (Å²) in [4.78, 5) is 0. The largest absolute Gasteiger partial charge is 0.240 e. The number of hydrogen-bond acceptors (Lipinski definition) is 2. The summed E-state index contributed by atoms with van der Waals surface area (Å²) < 4.78 is 4.82. The maximum absolute atomic E-state index is 3.77. The van der Waals surface area contributed by atoms with E-state index in [1.54, 1.807) is 23.5 Å². The van der Waals surface area contributed by atoms with Crippen molar-refractivity contribution in [1.82, 2.24) is 0 Å². The van der Waals surface area contributed by atoms with Crippen LogP contribution < -0.4 is 9.13 Å². The van der Waals surface area contributed by atoms with Gasteiger partial charge in [-0.1, -0.05) is 31.9 Å². The number of hydrogen-bond donors (Lipinski definition) is 0. The van der Waals surface area contributed by atoms with Crippen LogP contribution in [-0.4, -0.2) is 8.32 Å². The van der Waals surface area contributed by atoms with Crippen molar-refractivity contribution in [2.75, 3.05) is 0 Å². The fourth-order valence-electron chi connectivity index (χ4n) is 1.60. The molecule has 2 unspecified atom stereocenters. The lowest BCUT2D eigenvalue weighted by Crippen LogP contribution is -2.31. The van der Waals surface area contributed by atoms with Crippen molar-refractivity contribution in [2.24, 2.45) is 14.1 Å². The molecule has 0 bridgehead atoms. The highest BCUT2D eigenvalue weighted by atomic mass is 79.9. The molecule has 2 atom stereocenters. The Balaban J connectivity index is 2.01. The monoisotopic (exact) mass is 434 g/mol. The van der Waals surface area contributed by atoms with Crippen LogP contribution >= 0.6 is 55.4 Å². The number of thioether (sulfide) groups is 2. The minimum atomic E-state index is 0.279. The van der Waals surface area contributed by atoms with Crippen LogP contribution in [0.5, 0.6) is 0 Å². The van der Waals surface area contributed by atoms with Crippen LogP contribution in [0.4, 0.5) is 0 Å². The van der Waals surface area contributed by atoms with Gasteiger partial charge in [0, 0.05) is 24.3 Å². The van der Waals surface area contributed by atoms with Gasteiger partial charge in [0.25, 0.3) is 0 Å². The molecule has 0 aliphatic rings. The minimum Gasteiger partial charge on any atom is -0.196 e. The Hall–Kier alpha value is -0.0400. The molecule has 0 saturated heterocycles. The quantitative estimate of drug-likeness (QED) is 0.402. The topological polar surface area (TPSA) is 7.76 Å². The Labute approximate surface area is 145 Å². The van der Waals surface area contributed by atoms with Crippen LogP contribution in [0.2, 0.25) is 0 Å². The molecule has 0 aliphatic carbocycles. The Morgan fingerprint density at radius 2 is 1.20 bits per heavy atom. The Bertz CT molecular complexity index is 529. The lowest BCUT2D eigenvalue weighted by Gasteiger charge is -2.13. The van der Waals surface area contributed by atoms with Gasteiger partial charge in [-0.15, -0.1) is 0 Å². The molecule has 20 heavy (non-hydrogen) atoms. The number of pyridine rings is 2. The zero-order valence-electron chi connectivity index (χ0n) is 11.2. The first kappa shape index (κ1) is 16.3. The standard InChI is InChI=1S/C14H16Br2N2S2/c1-17-9-5-3-7-11(17)19-13(15)14(16)20-12-8-4-6-10-18(12)2/h3-10,13-14H,1-2H3/q+2. The Morgan fingerprint density at radius 1 is 0.800 bits per heavy atom. The van der Waals surface area contributed by atoms with Gasteiger partial charge < -0.3 is 0 Å². The molecule has 2 nitrogen and oxygen atoms in total. The Morgan fingerprint density at radius 3 is 1.55 bits per heavy atom. The van der Waals surface area contributed by atoms with Gasteiger partial charge in [-0.05, 0) is 35.7 Å². The second-order valence-corrected chi connectivity index (χ2v) is 9.75. The lowest BCUT2D eigenvalue weighted by molar-refractivity contribution is -0.709. The number of aromatic nitrogens is 2. The highest BCUT2D eigenvalue weighted by molar-refractivity contribution is 9.14. The number of alkyl halides is 2. The summed E-state index contributed by atoms with van der Waals surface area (Å²) in [6.07, 6.45) is 4.13. The van der Waals surface area contributed by atoms with E-state index in [0.29, 0.717) is 0 Å². The molecule has 0 amide bonds. The van der Waals surface area contributed by atoms with E-state index in [2.05, 4.69) is 91.7 Å². The number of aryl methyl sites for hydroxylation is 2. The number of halogens is 2. The zero-order valence-corrected chi connectivity index (χ0v) is 16.0. The van der Waals surface area contributed by atoms with E-state index in [9.17, 15) is 0 Å². The van der Waals surface area contributed by atoms with E-state index in [1.165, 1.54) is 10.1 Å². The summed E-state index contributed by atoms with van der Waals surface area (Å²) >= 11 is 11.1. The first-order chi connectivity index (χ1) is 9.58. The van der Waals surface area contributed by atoms with Crippen molar-refractivity contribution in [2.45, 2.75) is 18.4 Å². The molecule has 0 saturated carbocycles. The van der Waals surface area contributed by atoms with E-state index in [0.717, 1.165) is 0 Å². The van der Waals surface area contributed by atoms with Crippen LogP contribution in [0.3, 0.4) is 0 Å². The molecule has 2 heterocycles. The average Bonchev–Trinajstić information content (AvgIpc) is 2.43. The molecule has 0 spiro atoms. The van der Waals surface area contributed by atoms with Crippen molar-refractivity contribution in [3.63, 3.8) is 0 Å². The van der Waals surface area contributed by atoms with Crippen LogP contribution in [0, 0.1) is 0 Å². The molecule has 0 aromatic carbocycles. The molecular weight excluding hydrogens is 420 g/mol. The SMILES string of the molecule is C[n+]1ccccc1SC(Br)C(Br)Sc1cccc[n+]1C. The van der Waals surface area contributed by atoms with E-state index >= 15 is 0 Å². The van der Waals surface area contributed by atoms with E-state index in [1.807, 2.05) is 12.1 Å². The van der Waals surface area contributed by atoms with Crippen LogP contribution in [0.1, 0.15) is 0 Å². The van der Waals surface area contributed by atoms with Crippen molar-refractivity contribution in [1.29, 1.82) is 0 Å². The van der Waals surface area contributed by atoms with Gasteiger partial charge in [0.1, 0.15) is 14.1 Å². The van der Waals surface area contributed by atoms with Gasteiger partial charge in [0.05, 0.1) is 8.32 Å². The molecule has 106 valence electrons. The van der Waals surface area contributed by atoms with Crippen molar-refractivity contribution >= 4 is 55.4 Å². The van der Waals surface area contributed by atoms with Gasteiger partial charge in [-0.3, -0.25) is 0 Å². The molecule has 2 aromatic rings. The lowest BCUT2D eigenvalue weighted by atomic mass is 10.5. The van der Waals surface area contributed by atoms with E-state index in [4.69, 9.17) is 0 Å². The van der Waals surface area contributed by atoms with Crippen molar-refractivity contribution in [3.8, 4) is 0 Å². The van der Waals surface area contributed by atoms with Gasteiger partial charge >= 0.3 is 0 Å². The summed E-state index contributed by atoms with van der Waals surface area (Å²) in [6, 6.07) is 12.5. The Kier molecular flexibility index (Phi) is 6.39. The molecule has 2 aromatic heterocycles. The molecule has 0 radical (unpaired) electrons. The molecule has 0 aliphatic heterocycles. The zero-order chi connectivity index (χ0) is 14.5. The van der Waals surface area contributed by atoms with Gasteiger partial charge in [-0.25, -0.2) is 0 Å². The van der Waals surface area contributed by atoms with Crippen LogP contribution in [0.25, 0.3) is 0 Å². The third-order valence-electron chi connectivity index (χ3n) is 2.69. The van der Waals surface area contributed by atoms with Crippen molar-refractivity contribution < 1.29 is 9.13 Å². The minimum absolute atomic E-state index is 0.279. The molecule has 0 N–H and O–H groups in total. The molecule has 6 heteroatoms. The average molecular weight is 436 g/mol. The first-order valence-electron chi connectivity index (χ1n) is 6.08. The van der Waals surface area contributed by atoms with Gasteiger partial charge in [0.15, 0.2) is 12.4 Å². The highest BCUT2D eigenvalue weighted by Crippen LogP contribution is 2.38. The van der Waals surface area contributed by atoms with E-state index in [-0.39, 0.29) is 8.32 Å². The first-order valence-corrected chi connectivity index (χ1v) is 9.68. The number of rotatable bonds is 5. The third kappa shape index (κ3) is 4.48. The maximum Gasteiger partial charge on any atom is 0.240 e. The number of nitrogens with zero attached hydrogens (tertiary/aromatic N) is 2. The van der Waals surface area contributed by atoms with Crippen LogP contribution in [-0.2, 0) is 14.1 Å². The highest BCUT2D eigenvalue weighted by Gasteiger charge is 2.24. The second-order valence-electron chi connectivity index (χ2n) is 4.24. The molecule has 2 rings (SSSR count).